The zero-order valence-corrected chi connectivity index (χ0v) is 28.5. The highest BCUT2D eigenvalue weighted by Gasteiger charge is 2.34. The van der Waals surface area contributed by atoms with Gasteiger partial charge < -0.3 is 10.2 Å². The van der Waals surface area contributed by atoms with Gasteiger partial charge in [-0.2, -0.15) is 0 Å². The van der Waals surface area contributed by atoms with E-state index in [0.717, 1.165) is 38.3 Å². The van der Waals surface area contributed by atoms with Crippen LogP contribution in [0.25, 0.3) is 0 Å². The number of halogens is 2. The average molecular weight is 711 g/mol. The van der Waals surface area contributed by atoms with E-state index in [-0.39, 0.29) is 23.8 Å². The van der Waals surface area contributed by atoms with Crippen LogP contribution in [0.15, 0.2) is 112 Å². The minimum atomic E-state index is -4.16. The number of nitrogens with one attached hydrogen (secondary N) is 1. The number of unbranched alkanes of at least 4 members (excludes halogenated alkanes) is 1. The van der Waals surface area contributed by atoms with E-state index in [0.29, 0.717) is 17.3 Å². The number of carbonyl (C=O) groups is 2. The summed E-state index contributed by atoms with van der Waals surface area (Å²) in [6, 6.07) is 28.9. The molecule has 236 valence electrons. The van der Waals surface area contributed by atoms with Gasteiger partial charge in [0.1, 0.15) is 12.6 Å². The molecular weight excluding hydrogens is 674 g/mol. The topological polar surface area (TPSA) is 86.8 Å². The minimum Gasteiger partial charge on any atom is -0.354 e. The molecule has 4 aromatic carbocycles. The van der Waals surface area contributed by atoms with Crippen molar-refractivity contribution in [3.63, 3.8) is 0 Å². The number of rotatable bonds is 14. The fraction of sp³-hybridized carbons (Fsp3) is 0.257. The number of hydrogen-bond acceptors (Lipinski definition) is 4. The largest absolute Gasteiger partial charge is 0.354 e. The Morgan fingerprint density at radius 1 is 0.867 bits per heavy atom. The molecule has 0 aliphatic rings. The third-order valence-corrected chi connectivity index (χ3v) is 9.94. The van der Waals surface area contributed by atoms with Gasteiger partial charge in [-0.05, 0) is 73.0 Å². The molecule has 45 heavy (non-hydrogen) atoms. The molecule has 0 aliphatic carbocycles. The van der Waals surface area contributed by atoms with Crippen molar-refractivity contribution in [3.05, 3.63) is 129 Å². The molecule has 0 fully saturated rings. The van der Waals surface area contributed by atoms with Crippen molar-refractivity contribution < 1.29 is 18.0 Å². The van der Waals surface area contributed by atoms with Gasteiger partial charge in [-0.1, -0.05) is 101 Å². The predicted octanol–water partition coefficient (Wildman–Crippen LogP) is 7.16. The standard InChI is InChI=1S/C35H37BrClN3O4S/c1-3-4-22-38-35(42)33(23-27-8-6-5-7-9-27)39(24-28-12-16-30(37)17-13-28)34(41)25-40(31-18-14-29(36)15-19-31)45(43,44)32-20-10-26(2)11-21-32/h5-21,33H,3-4,22-25H2,1-2H3,(H,38,42). The van der Waals surface area contributed by atoms with Gasteiger partial charge in [-0.15, -0.1) is 0 Å². The van der Waals surface area contributed by atoms with Crippen LogP contribution < -0.4 is 9.62 Å². The smallest absolute Gasteiger partial charge is 0.264 e. The van der Waals surface area contributed by atoms with Crippen LogP contribution in [0.4, 0.5) is 5.69 Å². The van der Waals surface area contributed by atoms with Gasteiger partial charge in [0, 0.05) is 29.0 Å². The highest BCUT2D eigenvalue weighted by Crippen LogP contribution is 2.27. The Hall–Kier alpha value is -3.66. The van der Waals surface area contributed by atoms with Crippen molar-refractivity contribution in [3.8, 4) is 0 Å². The summed E-state index contributed by atoms with van der Waals surface area (Å²) in [7, 11) is -4.16. The van der Waals surface area contributed by atoms with Crippen molar-refractivity contribution in [1.29, 1.82) is 0 Å². The molecule has 4 rings (SSSR count). The van der Waals surface area contributed by atoms with Gasteiger partial charge in [-0.3, -0.25) is 13.9 Å². The number of anilines is 1. The van der Waals surface area contributed by atoms with Crippen LogP contribution in [0.2, 0.25) is 5.02 Å². The second-order valence-electron chi connectivity index (χ2n) is 10.8. The number of hydrogen-bond donors (Lipinski definition) is 1. The van der Waals surface area contributed by atoms with Gasteiger partial charge in [-0.25, -0.2) is 8.42 Å². The third kappa shape index (κ3) is 9.42. The maximum absolute atomic E-state index is 14.5. The van der Waals surface area contributed by atoms with Crippen molar-refractivity contribution in [2.45, 2.75) is 50.6 Å². The summed E-state index contributed by atoms with van der Waals surface area (Å²) in [5.74, 6) is -0.818. The van der Waals surface area contributed by atoms with E-state index in [1.807, 2.05) is 44.2 Å². The second-order valence-corrected chi connectivity index (χ2v) is 14.0. The Labute approximate surface area is 279 Å². The molecule has 0 saturated carbocycles. The molecule has 2 amide bonds. The molecule has 1 unspecified atom stereocenters. The molecule has 4 aromatic rings. The maximum atomic E-state index is 14.5. The Morgan fingerprint density at radius 3 is 2.13 bits per heavy atom. The lowest BCUT2D eigenvalue weighted by Crippen LogP contribution is -2.53. The van der Waals surface area contributed by atoms with Crippen molar-refractivity contribution in [1.82, 2.24) is 10.2 Å². The monoisotopic (exact) mass is 709 g/mol. The quantitative estimate of drug-likeness (QED) is 0.141. The normalized spacial score (nSPS) is 11.9. The Kier molecular flexibility index (Phi) is 12.2. The zero-order chi connectivity index (χ0) is 32.4. The summed E-state index contributed by atoms with van der Waals surface area (Å²) in [5.41, 5.74) is 2.86. The first-order valence-corrected chi connectivity index (χ1v) is 17.4. The van der Waals surface area contributed by atoms with Crippen LogP contribution in [0, 0.1) is 6.92 Å². The van der Waals surface area contributed by atoms with E-state index in [4.69, 9.17) is 11.6 Å². The molecule has 0 aliphatic heterocycles. The van der Waals surface area contributed by atoms with Crippen molar-refractivity contribution in [2.75, 3.05) is 17.4 Å². The lowest BCUT2D eigenvalue weighted by molar-refractivity contribution is -0.140. The predicted molar refractivity (Wildman–Crippen MR) is 184 cm³/mol. The molecule has 1 N–H and O–H groups in total. The average Bonchev–Trinajstić information content (AvgIpc) is 3.03. The number of nitrogens with zero attached hydrogens (tertiary/aromatic N) is 2. The fourth-order valence-corrected chi connectivity index (χ4v) is 6.62. The molecule has 0 aromatic heterocycles. The molecule has 7 nitrogen and oxygen atoms in total. The Bertz CT molecular complexity index is 1670. The first-order chi connectivity index (χ1) is 21.6. The zero-order valence-electron chi connectivity index (χ0n) is 25.3. The molecule has 0 saturated heterocycles. The Balaban J connectivity index is 1.78. The number of carbonyl (C=O) groups excluding carboxylic acids is 2. The van der Waals surface area contributed by atoms with Crippen LogP contribution in [0.3, 0.4) is 0 Å². The van der Waals surface area contributed by atoms with Crippen molar-refractivity contribution >= 4 is 55.1 Å². The number of benzene rings is 4. The van der Waals surface area contributed by atoms with Crippen LogP contribution in [0.5, 0.6) is 0 Å². The fourth-order valence-electron chi connectivity index (χ4n) is 4.82. The summed E-state index contributed by atoms with van der Waals surface area (Å²) in [5, 5.41) is 3.54. The van der Waals surface area contributed by atoms with E-state index in [1.165, 1.54) is 17.0 Å². The second kappa shape index (κ2) is 16.1. The summed E-state index contributed by atoms with van der Waals surface area (Å²) in [4.78, 5) is 29.8. The SMILES string of the molecule is CCCCNC(=O)C(Cc1ccccc1)N(Cc1ccc(Cl)cc1)C(=O)CN(c1ccc(Br)cc1)S(=O)(=O)c1ccc(C)cc1. The van der Waals surface area contributed by atoms with Gasteiger partial charge in [0.25, 0.3) is 10.0 Å². The first kappa shape index (κ1) is 34.2. The van der Waals surface area contributed by atoms with E-state index in [9.17, 15) is 18.0 Å². The maximum Gasteiger partial charge on any atom is 0.264 e. The lowest BCUT2D eigenvalue weighted by atomic mass is 10.0. The Morgan fingerprint density at radius 2 is 1.51 bits per heavy atom. The summed E-state index contributed by atoms with van der Waals surface area (Å²) < 4.78 is 30.1. The number of sulfonamides is 1. The molecule has 1 atom stereocenters. The van der Waals surface area contributed by atoms with E-state index >= 15 is 0 Å². The van der Waals surface area contributed by atoms with E-state index in [2.05, 4.69) is 21.2 Å². The summed E-state index contributed by atoms with van der Waals surface area (Å²) >= 11 is 9.56. The first-order valence-electron chi connectivity index (χ1n) is 14.8. The minimum absolute atomic E-state index is 0.0613. The highest BCUT2D eigenvalue weighted by molar-refractivity contribution is 9.10. The van der Waals surface area contributed by atoms with Crippen LogP contribution >= 0.6 is 27.5 Å². The van der Waals surface area contributed by atoms with Gasteiger partial charge in [0.05, 0.1) is 10.6 Å². The molecular formula is C35H37BrClN3O4S. The number of aryl methyl sites for hydroxylation is 1. The number of amides is 2. The summed E-state index contributed by atoms with van der Waals surface area (Å²) in [6.45, 7) is 3.94. The van der Waals surface area contributed by atoms with Crippen molar-refractivity contribution in [2.24, 2.45) is 0 Å². The molecule has 0 heterocycles. The summed E-state index contributed by atoms with van der Waals surface area (Å²) in [6.07, 6.45) is 1.94. The highest BCUT2D eigenvalue weighted by atomic mass is 79.9. The van der Waals surface area contributed by atoms with Gasteiger partial charge in [0.2, 0.25) is 11.8 Å². The van der Waals surface area contributed by atoms with Crippen LogP contribution in [-0.4, -0.2) is 44.3 Å². The molecule has 0 spiro atoms. The molecule has 0 radical (unpaired) electrons. The molecule has 0 bridgehead atoms. The van der Waals surface area contributed by atoms with E-state index < -0.39 is 28.5 Å². The van der Waals surface area contributed by atoms with Gasteiger partial charge >= 0.3 is 0 Å². The van der Waals surface area contributed by atoms with Gasteiger partial charge in [0.15, 0.2) is 0 Å². The van der Waals surface area contributed by atoms with E-state index in [1.54, 1.807) is 60.7 Å². The molecule has 10 heteroatoms. The third-order valence-electron chi connectivity index (χ3n) is 7.37. The lowest BCUT2D eigenvalue weighted by Gasteiger charge is -2.34. The van der Waals surface area contributed by atoms with Crippen LogP contribution in [-0.2, 0) is 32.6 Å². The van der Waals surface area contributed by atoms with Crippen LogP contribution in [0.1, 0.15) is 36.5 Å².